The standard InChI is InChI=1S/C27H20F3N3O3/c1-36-24-13-7-17(16-22(24)25(34)35)6-8-18-4-2-3-5-21(18)23-14-15-31-26(33-23)32-20-11-9-19(10-12-20)27(28,29)30/h2-16H,1H3,(H,34,35)(H,31,32,33). The molecule has 0 spiro atoms. The van der Waals surface area contributed by atoms with Crippen LogP contribution in [0, 0.1) is 0 Å². The number of nitrogens with zero attached hydrogens (tertiary/aromatic N) is 2. The van der Waals surface area contributed by atoms with Gasteiger partial charge >= 0.3 is 12.1 Å². The van der Waals surface area contributed by atoms with E-state index in [4.69, 9.17) is 4.74 Å². The SMILES string of the molecule is COc1ccc(C=Cc2ccccc2-c2ccnc(Nc3ccc(C(F)(F)F)cc3)n2)cc1C(=O)O. The minimum Gasteiger partial charge on any atom is -0.496 e. The van der Waals surface area contributed by atoms with Crippen LogP contribution in [0.25, 0.3) is 23.4 Å². The van der Waals surface area contributed by atoms with Crippen molar-refractivity contribution in [3.05, 3.63) is 101 Å². The summed E-state index contributed by atoms with van der Waals surface area (Å²) in [6.07, 6.45) is 0.770. The number of benzene rings is 3. The highest BCUT2D eigenvalue weighted by Crippen LogP contribution is 2.31. The molecule has 1 heterocycles. The van der Waals surface area contributed by atoms with E-state index in [-0.39, 0.29) is 17.3 Å². The third kappa shape index (κ3) is 5.69. The first kappa shape index (κ1) is 24.5. The van der Waals surface area contributed by atoms with Crippen LogP contribution in [0.15, 0.2) is 79.0 Å². The number of nitrogens with one attached hydrogen (secondary N) is 1. The molecule has 0 amide bonds. The van der Waals surface area contributed by atoms with E-state index in [1.54, 1.807) is 30.5 Å². The topological polar surface area (TPSA) is 84.3 Å². The zero-order valence-corrected chi connectivity index (χ0v) is 19.0. The molecular weight excluding hydrogens is 471 g/mol. The Balaban J connectivity index is 1.59. The molecule has 6 nitrogen and oxygen atoms in total. The predicted octanol–water partition coefficient (Wildman–Crippen LogP) is 6.78. The summed E-state index contributed by atoms with van der Waals surface area (Å²) in [4.78, 5) is 20.2. The lowest BCUT2D eigenvalue weighted by Crippen LogP contribution is -2.05. The molecule has 2 N–H and O–H groups in total. The molecule has 0 radical (unpaired) electrons. The van der Waals surface area contributed by atoms with Gasteiger partial charge in [0.15, 0.2) is 0 Å². The Bertz CT molecular complexity index is 1420. The second-order valence-electron chi connectivity index (χ2n) is 7.65. The van der Waals surface area contributed by atoms with Gasteiger partial charge in [0.05, 0.1) is 18.4 Å². The van der Waals surface area contributed by atoms with Crippen LogP contribution in [0.2, 0.25) is 0 Å². The number of hydrogen-bond donors (Lipinski definition) is 2. The third-order valence-corrected chi connectivity index (χ3v) is 5.27. The Morgan fingerprint density at radius 2 is 1.75 bits per heavy atom. The van der Waals surface area contributed by atoms with Crippen molar-refractivity contribution in [1.82, 2.24) is 9.97 Å². The van der Waals surface area contributed by atoms with Crippen LogP contribution in [0.1, 0.15) is 27.0 Å². The van der Waals surface area contributed by atoms with Gasteiger partial charge in [-0.1, -0.05) is 42.5 Å². The van der Waals surface area contributed by atoms with Gasteiger partial charge in [-0.3, -0.25) is 0 Å². The molecule has 0 saturated carbocycles. The minimum absolute atomic E-state index is 0.0581. The number of aromatic carboxylic acids is 1. The fourth-order valence-corrected chi connectivity index (χ4v) is 3.50. The van der Waals surface area contributed by atoms with Crippen LogP contribution in [0.3, 0.4) is 0 Å². The molecule has 0 aliphatic rings. The number of methoxy groups -OCH3 is 1. The molecular formula is C27H20F3N3O3. The molecule has 36 heavy (non-hydrogen) atoms. The number of carbonyl (C=O) groups is 1. The summed E-state index contributed by atoms with van der Waals surface area (Å²) in [5, 5.41) is 12.3. The van der Waals surface area contributed by atoms with Crippen molar-refractivity contribution in [2.24, 2.45) is 0 Å². The van der Waals surface area contributed by atoms with E-state index in [0.29, 0.717) is 16.9 Å². The van der Waals surface area contributed by atoms with Gasteiger partial charge in [-0.15, -0.1) is 0 Å². The van der Waals surface area contributed by atoms with E-state index in [2.05, 4.69) is 15.3 Å². The predicted molar refractivity (Wildman–Crippen MR) is 131 cm³/mol. The van der Waals surface area contributed by atoms with Gasteiger partial charge in [-0.25, -0.2) is 14.8 Å². The number of aromatic nitrogens is 2. The number of anilines is 2. The normalized spacial score (nSPS) is 11.4. The summed E-state index contributed by atoms with van der Waals surface area (Å²) in [6.45, 7) is 0. The Kier molecular flexibility index (Phi) is 7.00. The average Bonchev–Trinajstić information content (AvgIpc) is 2.87. The lowest BCUT2D eigenvalue weighted by atomic mass is 10.0. The van der Waals surface area contributed by atoms with E-state index in [1.807, 2.05) is 30.3 Å². The molecule has 182 valence electrons. The van der Waals surface area contributed by atoms with Gasteiger partial charge in [0.1, 0.15) is 11.3 Å². The Labute approximate surface area is 204 Å². The Hall–Kier alpha value is -4.66. The number of rotatable bonds is 7. The van der Waals surface area contributed by atoms with Crippen molar-refractivity contribution in [2.45, 2.75) is 6.18 Å². The van der Waals surface area contributed by atoms with Crippen LogP contribution in [0.4, 0.5) is 24.8 Å². The largest absolute Gasteiger partial charge is 0.496 e. The highest BCUT2D eigenvalue weighted by atomic mass is 19.4. The molecule has 9 heteroatoms. The third-order valence-electron chi connectivity index (χ3n) is 5.27. The number of ether oxygens (including phenoxy) is 1. The minimum atomic E-state index is -4.41. The maximum Gasteiger partial charge on any atom is 0.416 e. The van der Waals surface area contributed by atoms with Crippen molar-refractivity contribution < 1.29 is 27.8 Å². The molecule has 0 aliphatic heterocycles. The van der Waals surface area contributed by atoms with E-state index < -0.39 is 17.7 Å². The first-order valence-corrected chi connectivity index (χ1v) is 10.7. The number of carboxylic acids is 1. The molecule has 4 aromatic rings. The summed E-state index contributed by atoms with van der Waals surface area (Å²) in [6, 6.07) is 18.7. The van der Waals surface area contributed by atoms with Gasteiger partial charge in [0, 0.05) is 17.4 Å². The van der Waals surface area contributed by atoms with Crippen LogP contribution in [-0.4, -0.2) is 28.2 Å². The summed E-state index contributed by atoms with van der Waals surface area (Å²) in [5.41, 5.74) is 2.62. The molecule has 0 saturated heterocycles. The number of hydrogen-bond acceptors (Lipinski definition) is 5. The monoisotopic (exact) mass is 491 g/mol. The quantitative estimate of drug-likeness (QED) is 0.277. The van der Waals surface area contributed by atoms with Gasteiger partial charge in [0.25, 0.3) is 0 Å². The zero-order valence-electron chi connectivity index (χ0n) is 19.0. The van der Waals surface area contributed by atoms with Crippen LogP contribution in [0.5, 0.6) is 5.75 Å². The van der Waals surface area contributed by atoms with E-state index in [9.17, 15) is 23.1 Å². The summed E-state index contributed by atoms with van der Waals surface area (Å²) < 4.78 is 43.5. The number of halogens is 3. The molecule has 0 unspecified atom stereocenters. The molecule has 0 bridgehead atoms. The van der Waals surface area contributed by atoms with Crippen molar-refractivity contribution in [2.75, 3.05) is 12.4 Å². The lowest BCUT2D eigenvalue weighted by molar-refractivity contribution is -0.137. The van der Waals surface area contributed by atoms with Crippen LogP contribution >= 0.6 is 0 Å². The maximum atomic E-state index is 12.8. The first-order chi connectivity index (χ1) is 17.2. The van der Waals surface area contributed by atoms with Gasteiger partial charge in [-0.05, 0) is 53.6 Å². The second-order valence-corrected chi connectivity index (χ2v) is 7.65. The maximum absolute atomic E-state index is 12.8. The average molecular weight is 491 g/mol. The summed E-state index contributed by atoms with van der Waals surface area (Å²) >= 11 is 0. The molecule has 0 atom stereocenters. The molecule has 4 rings (SSSR count). The fraction of sp³-hybridized carbons (Fsp3) is 0.0741. The van der Waals surface area contributed by atoms with Crippen LogP contribution in [-0.2, 0) is 6.18 Å². The van der Waals surface area contributed by atoms with Crippen molar-refractivity contribution in [1.29, 1.82) is 0 Å². The van der Waals surface area contributed by atoms with E-state index in [1.165, 1.54) is 25.3 Å². The summed E-state index contributed by atoms with van der Waals surface area (Å²) in [7, 11) is 1.41. The Morgan fingerprint density at radius 3 is 2.44 bits per heavy atom. The fourth-order valence-electron chi connectivity index (χ4n) is 3.50. The summed E-state index contributed by atoms with van der Waals surface area (Å²) in [5.74, 6) is -0.585. The first-order valence-electron chi connectivity index (χ1n) is 10.7. The molecule has 0 fully saturated rings. The smallest absolute Gasteiger partial charge is 0.416 e. The van der Waals surface area contributed by atoms with Gasteiger partial charge in [-0.2, -0.15) is 13.2 Å². The van der Waals surface area contributed by atoms with Crippen molar-refractivity contribution in [3.63, 3.8) is 0 Å². The van der Waals surface area contributed by atoms with Gasteiger partial charge < -0.3 is 15.2 Å². The Morgan fingerprint density at radius 1 is 1.00 bits per heavy atom. The lowest BCUT2D eigenvalue weighted by Gasteiger charge is -2.10. The number of carboxylic acid groups (broad SMARTS) is 1. The highest BCUT2D eigenvalue weighted by Gasteiger charge is 2.29. The van der Waals surface area contributed by atoms with Gasteiger partial charge in [0.2, 0.25) is 5.95 Å². The molecule has 1 aromatic heterocycles. The van der Waals surface area contributed by atoms with E-state index in [0.717, 1.165) is 23.3 Å². The van der Waals surface area contributed by atoms with Crippen molar-refractivity contribution >= 4 is 29.8 Å². The molecule has 0 aliphatic carbocycles. The van der Waals surface area contributed by atoms with Crippen molar-refractivity contribution in [3.8, 4) is 17.0 Å². The van der Waals surface area contributed by atoms with E-state index >= 15 is 0 Å². The second kappa shape index (κ2) is 10.3. The van der Waals surface area contributed by atoms with Crippen LogP contribution < -0.4 is 10.1 Å². The highest BCUT2D eigenvalue weighted by molar-refractivity contribution is 5.92. The number of alkyl halides is 3. The molecule has 3 aromatic carbocycles. The zero-order chi connectivity index (χ0) is 25.7.